The second-order valence-electron chi connectivity index (χ2n) is 5.32. The first-order chi connectivity index (χ1) is 8.40. The summed E-state index contributed by atoms with van der Waals surface area (Å²) < 4.78 is 0. The van der Waals surface area contributed by atoms with Gasteiger partial charge in [0.05, 0.1) is 0 Å². The lowest BCUT2D eigenvalue weighted by Gasteiger charge is -2.22. The van der Waals surface area contributed by atoms with Gasteiger partial charge in [-0.2, -0.15) is 0 Å². The maximum Gasteiger partial charge on any atom is 0.317 e. The Bertz CT molecular complexity index is 252. The normalized spacial score (nSPS) is 12.3. The second-order valence-corrected chi connectivity index (χ2v) is 5.32. The van der Waals surface area contributed by atoms with Crippen molar-refractivity contribution in [3.8, 4) is 0 Å². The summed E-state index contributed by atoms with van der Waals surface area (Å²) in [6.45, 7) is 6.21. The first-order valence-corrected chi connectivity index (χ1v) is 6.85. The number of unbranched alkanes of at least 4 members (excludes halogenated alkanes) is 3. The van der Waals surface area contributed by atoms with Crippen molar-refractivity contribution in [2.45, 2.75) is 59.3 Å². The Balaban J connectivity index is 0. The van der Waals surface area contributed by atoms with E-state index in [2.05, 4.69) is 6.92 Å². The largest absolute Gasteiger partial charge is 0.481 e. The van der Waals surface area contributed by atoms with Gasteiger partial charge in [-0.15, -0.1) is 0 Å². The van der Waals surface area contributed by atoms with E-state index >= 15 is 0 Å². The topological polar surface area (TPSA) is 74.6 Å². The zero-order chi connectivity index (χ0) is 14.1. The van der Waals surface area contributed by atoms with Gasteiger partial charge in [-0.25, -0.2) is 0 Å². The molecule has 110 valence electrons. The second kappa shape index (κ2) is 11.5. The van der Waals surface area contributed by atoms with Crippen molar-refractivity contribution in [2.24, 2.45) is 17.8 Å². The van der Waals surface area contributed by atoms with E-state index in [1.165, 1.54) is 12.8 Å². The molecular formula is C14H28MgO4. The number of aliphatic carboxylic acids is 2. The number of rotatable bonds is 10. The molecule has 0 heterocycles. The van der Waals surface area contributed by atoms with E-state index in [0.29, 0.717) is 5.92 Å². The molecule has 19 heavy (non-hydrogen) atoms. The summed E-state index contributed by atoms with van der Waals surface area (Å²) in [7, 11) is 0. The molecule has 0 bridgehead atoms. The van der Waals surface area contributed by atoms with Gasteiger partial charge < -0.3 is 10.2 Å². The van der Waals surface area contributed by atoms with E-state index in [0.717, 1.165) is 19.3 Å². The molecule has 0 aliphatic heterocycles. The summed E-state index contributed by atoms with van der Waals surface area (Å²) in [6, 6.07) is 0. The quantitative estimate of drug-likeness (QED) is 0.367. The Kier molecular flexibility index (Phi) is 12.7. The summed E-state index contributed by atoms with van der Waals surface area (Å²) in [5.41, 5.74) is 0. The minimum absolute atomic E-state index is 0. The summed E-state index contributed by atoms with van der Waals surface area (Å²) in [5.74, 6) is -3.20. The van der Waals surface area contributed by atoms with Crippen LogP contribution in [0, 0.1) is 17.8 Å². The molecule has 0 aliphatic rings. The Labute approximate surface area is 132 Å². The average Bonchev–Trinajstić information content (AvgIpc) is 2.26. The zero-order valence-corrected chi connectivity index (χ0v) is 11.7. The van der Waals surface area contributed by atoms with Crippen LogP contribution in [-0.4, -0.2) is 45.2 Å². The van der Waals surface area contributed by atoms with Crippen molar-refractivity contribution in [3.63, 3.8) is 0 Å². The van der Waals surface area contributed by atoms with E-state index in [-0.39, 0.29) is 35.4 Å². The molecule has 4 nitrogen and oxygen atoms in total. The lowest BCUT2D eigenvalue weighted by atomic mass is 9.82. The number of hydrogen-bond donors (Lipinski definition) is 2. The number of carboxylic acid groups (broad SMARTS) is 2. The van der Waals surface area contributed by atoms with E-state index in [1.807, 2.05) is 13.8 Å². The van der Waals surface area contributed by atoms with Crippen LogP contribution in [0.2, 0.25) is 0 Å². The van der Waals surface area contributed by atoms with Crippen LogP contribution in [-0.2, 0) is 9.59 Å². The highest BCUT2D eigenvalue weighted by atomic mass is 24.3. The van der Waals surface area contributed by atoms with E-state index in [9.17, 15) is 9.59 Å². The molecule has 0 fully saturated rings. The molecule has 0 saturated heterocycles. The Morgan fingerprint density at radius 1 is 1.00 bits per heavy atom. The monoisotopic (exact) mass is 284 g/mol. The average molecular weight is 285 g/mol. The molecule has 5 heteroatoms. The van der Waals surface area contributed by atoms with Gasteiger partial charge in [-0.3, -0.25) is 9.59 Å². The van der Waals surface area contributed by atoms with Crippen LogP contribution >= 0.6 is 0 Å². The first-order valence-electron chi connectivity index (χ1n) is 6.85. The Morgan fingerprint density at radius 3 is 1.89 bits per heavy atom. The van der Waals surface area contributed by atoms with E-state index < -0.39 is 17.9 Å². The zero-order valence-electron chi connectivity index (χ0n) is 11.7. The van der Waals surface area contributed by atoms with E-state index in [4.69, 9.17) is 10.2 Å². The van der Waals surface area contributed by atoms with Crippen LogP contribution in [0.1, 0.15) is 59.3 Å². The SMILES string of the molecule is CCCCCCC(CC(C(=O)O)C(=O)O)C(C)C.[MgH2]. The molecule has 0 aromatic rings. The fraction of sp³-hybridized carbons (Fsp3) is 0.857. The fourth-order valence-electron chi connectivity index (χ4n) is 2.17. The van der Waals surface area contributed by atoms with Crippen LogP contribution in [0.25, 0.3) is 0 Å². The van der Waals surface area contributed by atoms with Gasteiger partial charge in [0.1, 0.15) is 0 Å². The molecule has 0 amide bonds. The molecular weight excluding hydrogens is 256 g/mol. The maximum atomic E-state index is 10.9. The van der Waals surface area contributed by atoms with Crippen LogP contribution < -0.4 is 0 Å². The van der Waals surface area contributed by atoms with Gasteiger partial charge in [0.25, 0.3) is 0 Å². The molecule has 1 unspecified atom stereocenters. The van der Waals surface area contributed by atoms with Crippen molar-refractivity contribution < 1.29 is 19.8 Å². The highest BCUT2D eigenvalue weighted by molar-refractivity contribution is 5.92. The van der Waals surface area contributed by atoms with Crippen molar-refractivity contribution in [2.75, 3.05) is 0 Å². The first kappa shape index (κ1) is 21.0. The molecule has 0 aromatic carbocycles. The molecule has 0 radical (unpaired) electrons. The lowest BCUT2D eigenvalue weighted by Crippen LogP contribution is -2.27. The number of hydrogen-bond acceptors (Lipinski definition) is 2. The third-order valence-corrected chi connectivity index (χ3v) is 3.51. The van der Waals surface area contributed by atoms with Crippen molar-refractivity contribution >= 4 is 35.0 Å². The minimum Gasteiger partial charge on any atom is -0.481 e. The molecule has 0 aromatic heterocycles. The van der Waals surface area contributed by atoms with Crippen LogP contribution in [0.4, 0.5) is 0 Å². The van der Waals surface area contributed by atoms with Crippen LogP contribution in [0.3, 0.4) is 0 Å². The van der Waals surface area contributed by atoms with Crippen LogP contribution in [0.15, 0.2) is 0 Å². The standard InChI is InChI=1S/C14H26O4.Mg.2H/c1-4-5-6-7-8-11(10(2)3)9-12(13(15)16)14(17)18;;;/h10-12H,4-9H2,1-3H3,(H,15,16)(H,17,18);;;. The molecule has 2 N–H and O–H groups in total. The van der Waals surface area contributed by atoms with Crippen molar-refractivity contribution in [1.29, 1.82) is 0 Å². The molecule has 0 aliphatic carbocycles. The van der Waals surface area contributed by atoms with Gasteiger partial charge >= 0.3 is 35.0 Å². The van der Waals surface area contributed by atoms with E-state index in [1.54, 1.807) is 0 Å². The smallest absolute Gasteiger partial charge is 0.317 e. The van der Waals surface area contributed by atoms with Gasteiger partial charge in [0.15, 0.2) is 5.92 Å². The predicted molar refractivity (Wildman–Crippen MR) is 79.0 cm³/mol. The lowest BCUT2D eigenvalue weighted by molar-refractivity contribution is -0.155. The van der Waals surface area contributed by atoms with Gasteiger partial charge in [0.2, 0.25) is 0 Å². The summed E-state index contributed by atoms with van der Waals surface area (Å²) in [5, 5.41) is 17.8. The maximum absolute atomic E-state index is 10.9. The summed E-state index contributed by atoms with van der Waals surface area (Å²) >= 11 is 0. The summed E-state index contributed by atoms with van der Waals surface area (Å²) in [4.78, 5) is 21.8. The Morgan fingerprint density at radius 2 is 1.53 bits per heavy atom. The Hall–Kier alpha value is -0.294. The minimum atomic E-state index is -1.26. The highest BCUT2D eigenvalue weighted by Crippen LogP contribution is 2.26. The van der Waals surface area contributed by atoms with Crippen molar-refractivity contribution in [3.05, 3.63) is 0 Å². The third kappa shape index (κ3) is 9.27. The van der Waals surface area contributed by atoms with Gasteiger partial charge in [0, 0.05) is 0 Å². The number of carbonyl (C=O) groups is 2. The molecule has 0 spiro atoms. The molecule has 0 rings (SSSR count). The molecule has 0 saturated carbocycles. The third-order valence-electron chi connectivity index (χ3n) is 3.51. The van der Waals surface area contributed by atoms with Gasteiger partial charge in [-0.1, -0.05) is 52.9 Å². The number of carboxylic acids is 2. The van der Waals surface area contributed by atoms with Crippen molar-refractivity contribution in [1.82, 2.24) is 0 Å². The molecule has 1 atom stereocenters. The summed E-state index contributed by atoms with van der Waals surface area (Å²) in [6.07, 6.45) is 5.72. The predicted octanol–water partition coefficient (Wildman–Crippen LogP) is 2.49. The van der Waals surface area contributed by atoms with Gasteiger partial charge in [-0.05, 0) is 18.3 Å². The highest BCUT2D eigenvalue weighted by Gasteiger charge is 2.30. The fourth-order valence-corrected chi connectivity index (χ4v) is 2.17. The van der Waals surface area contributed by atoms with Crippen LogP contribution in [0.5, 0.6) is 0 Å².